The molecular formula is C17H27NO3. The van der Waals surface area contributed by atoms with Crippen LogP contribution in [0.5, 0.6) is 0 Å². The standard InChI is InChI=1S/C17H27NO3/c1-13(12-17(2,3)21-5)18(4)11-10-14-8-6-7-9-15(14)16(19)20/h6-9,13H,10-12H2,1-5H3,(H,19,20). The van der Waals surface area contributed by atoms with Crippen LogP contribution in [0.2, 0.25) is 0 Å². The van der Waals surface area contributed by atoms with Gasteiger partial charge >= 0.3 is 5.97 Å². The van der Waals surface area contributed by atoms with Crippen molar-refractivity contribution in [3.05, 3.63) is 35.4 Å². The maximum absolute atomic E-state index is 11.2. The van der Waals surface area contributed by atoms with E-state index in [1.54, 1.807) is 19.2 Å². The molecule has 0 aromatic heterocycles. The number of hydrogen-bond acceptors (Lipinski definition) is 3. The lowest BCUT2D eigenvalue weighted by Crippen LogP contribution is -2.38. The lowest BCUT2D eigenvalue weighted by Gasteiger charge is -2.32. The van der Waals surface area contributed by atoms with Gasteiger partial charge in [-0.25, -0.2) is 4.79 Å². The molecule has 1 atom stereocenters. The second-order valence-electron chi connectivity index (χ2n) is 6.21. The van der Waals surface area contributed by atoms with E-state index in [0.29, 0.717) is 11.6 Å². The molecule has 21 heavy (non-hydrogen) atoms. The quantitative estimate of drug-likeness (QED) is 0.800. The van der Waals surface area contributed by atoms with Crippen molar-refractivity contribution in [3.63, 3.8) is 0 Å². The maximum Gasteiger partial charge on any atom is 0.335 e. The van der Waals surface area contributed by atoms with Crippen LogP contribution in [0.15, 0.2) is 24.3 Å². The number of carbonyl (C=O) groups is 1. The highest BCUT2D eigenvalue weighted by molar-refractivity contribution is 5.89. The zero-order valence-electron chi connectivity index (χ0n) is 13.7. The van der Waals surface area contributed by atoms with E-state index in [1.165, 1.54) is 0 Å². The van der Waals surface area contributed by atoms with Gasteiger partial charge in [0.1, 0.15) is 0 Å². The molecule has 1 aromatic carbocycles. The third-order valence-corrected chi connectivity index (χ3v) is 4.07. The van der Waals surface area contributed by atoms with Crippen LogP contribution >= 0.6 is 0 Å². The molecule has 4 nitrogen and oxygen atoms in total. The van der Waals surface area contributed by atoms with Crippen molar-refractivity contribution >= 4 is 5.97 Å². The number of likely N-dealkylation sites (N-methyl/N-ethyl adjacent to an activating group) is 1. The van der Waals surface area contributed by atoms with Crippen molar-refractivity contribution in [1.29, 1.82) is 0 Å². The van der Waals surface area contributed by atoms with E-state index in [4.69, 9.17) is 4.74 Å². The van der Waals surface area contributed by atoms with Gasteiger partial charge in [-0.2, -0.15) is 0 Å². The number of ether oxygens (including phenoxy) is 1. The number of carboxylic acid groups (broad SMARTS) is 1. The fourth-order valence-corrected chi connectivity index (χ4v) is 2.41. The predicted octanol–water partition coefficient (Wildman–Crippen LogP) is 3.06. The van der Waals surface area contributed by atoms with Gasteiger partial charge in [0, 0.05) is 19.7 Å². The summed E-state index contributed by atoms with van der Waals surface area (Å²) in [6, 6.07) is 7.58. The summed E-state index contributed by atoms with van der Waals surface area (Å²) in [5, 5.41) is 9.19. The minimum atomic E-state index is -0.859. The molecule has 1 rings (SSSR count). The molecule has 0 bridgehead atoms. The van der Waals surface area contributed by atoms with Gasteiger partial charge in [-0.3, -0.25) is 0 Å². The zero-order valence-corrected chi connectivity index (χ0v) is 13.7. The van der Waals surface area contributed by atoms with Gasteiger partial charge in [-0.05, 0) is 52.3 Å². The molecule has 0 aliphatic rings. The molecular weight excluding hydrogens is 266 g/mol. The maximum atomic E-state index is 11.2. The number of methoxy groups -OCH3 is 1. The van der Waals surface area contributed by atoms with Crippen LogP contribution < -0.4 is 0 Å². The van der Waals surface area contributed by atoms with Crippen LogP contribution in [0.25, 0.3) is 0 Å². The van der Waals surface area contributed by atoms with Gasteiger partial charge in [-0.15, -0.1) is 0 Å². The second kappa shape index (κ2) is 7.57. The number of hydrogen-bond donors (Lipinski definition) is 1. The molecule has 0 spiro atoms. The summed E-state index contributed by atoms with van der Waals surface area (Å²) in [5.74, 6) is -0.859. The Balaban J connectivity index is 2.61. The topological polar surface area (TPSA) is 49.8 Å². The fraction of sp³-hybridized carbons (Fsp3) is 0.588. The van der Waals surface area contributed by atoms with Crippen molar-refractivity contribution in [2.24, 2.45) is 0 Å². The van der Waals surface area contributed by atoms with E-state index < -0.39 is 5.97 Å². The first-order valence-electron chi connectivity index (χ1n) is 7.33. The van der Waals surface area contributed by atoms with Gasteiger partial charge in [0.05, 0.1) is 11.2 Å². The molecule has 0 saturated carbocycles. The van der Waals surface area contributed by atoms with Crippen molar-refractivity contribution in [2.75, 3.05) is 20.7 Å². The molecule has 0 aliphatic carbocycles. The van der Waals surface area contributed by atoms with Crippen LogP contribution in [0.3, 0.4) is 0 Å². The van der Waals surface area contributed by atoms with E-state index >= 15 is 0 Å². The molecule has 1 aromatic rings. The first-order chi connectivity index (χ1) is 9.76. The highest BCUT2D eigenvalue weighted by atomic mass is 16.5. The van der Waals surface area contributed by atoms with Crippen molar-refractivity contribution < 1.29 is 14.6 Å². The summed E-state index contributed by atoms with van der Waals surface area (Å²) in [6.45, 7) is 7.16. The van der Waals surface area contributed by atoms with E-state index in [2.05, 4.69) is 32.7 Å². The minimum absolute atomic E-state index is 0.146. The van der Waals surface area contributed by atoms with Crippen LogP contribution in [-0.4, -0.2) is 48.3 Å². The largest absolute Gasteiger partial charge is 0.478 e. The molecule has 0 fully saturated rings. The Labute approximate surface area is 127 Å². The molecule has 4 heteroatoms. The monoisotopic (exact) mass is 293 g/mol. The molecule has 0 radical (unpaired) electrons. The van der Waals surface area contributed by atoms with Crippen molar-refractivity contribution in [3.8, 4) is 0 Å². The Bertz CT molecular complexity index is 471. The normalized spacial score (nSPS) is 13.4. The number of rotatable bonds is 8. The van der Waals surface area contributed by atoms with Crippen molar-refractivity contribution in [2.45, 2.75) is 45.3 Å². The summed E-state index contributed by atoms with van der Waals surface area (Å²) in [6.07, 6.45) is 1.66. The van der Waals surface area contributed by atoms with Gasteiger partial charge in [0.25, 0.3) is 0 Å². The average molecular weight is 293 g/mol. The Morgan fingerprint density at radius 3 is 2.57 bits per heavy atom. The van der Waals surface area contributed by atoms with Crippen LogP contribution in [-0.2, 0) is 11.2 Å². The summed E-state index contributed by atoms with van der Waals surface area (Å²) in [4.78, 5) is 13.4. The Morgan fingerprint density at radius 1 is 1.38 bits per heavy atom. The number of carboxylic acids is 1. The minimum Gasteiger partial charge on any atom is -0.478 e. The number of nitrogens with zero attached hydrogens (tertiary/aromatic N) is 1. The fourth-order valence-electron chi connectivity index (χ4n) is 2.41. The first kappa shape index (κ1) is 17.7. The summed E-state index contributed by atoms with van der Waals surface area (Å²) < 4.78 is 5.47. The molecule has 1 N–H and O–H groups in total. The third kappa shape index (κ3) is 5.48. The van der Waals surface area contributed by atoms with Crippen LogP contribution in [0.4, 0.5) is 0 Å². The van der Waals surface area contributed by atoms with Crippen LogP contribution in [0, 0.1) is 0 Å². The molecule has 1 unspecified atom stereocenters. The zero-order chi connectivity index (χ0) is 16.0. The SMILES string of the molecule is COC(C)(C)CC(C)N(C)CCc1ccccc1C(=O)O. The highest BCUT2D eigenvalue weighted by Crippen LogP contribution is 2.19. The molecule has 118 valence electrons. The molecule has 0 saturated heterocycles. The Hall–Kier alpha value is -1.39. The van der Waals surface area contributed by atoms with Crippen LogP contribution in [0.1, 0.15) is 43.1 Å². The van der Waals surface area contributed by atoms with Gasteiger partial charge in [0.2, 0.25) is 0 Å². The van der Waals surface area contributed by atoms with E-state index in [9.17, 15) is 9.90 Å². The smallest absolute Gasteiger partial charge is 0.335 e. The lowest BCUT2D eigenvalue weighted by molar-refractivity contribution is -0.00298. The van der Waals surface area contributed by atoms with E-state index in [0.717, 1.165) is 24.9 Å². The average Bonchev–Trinajstić information content (AvgIpc) is 2.44. The predicted molar refractivity (Wildman–Crippen MR) is 84.9 cm³/mol. The van der Waals surface area contributed by atoms with Gasteiger partial charge < -0.3 is 14.7 Å². The highest BCUT2D eigenvalue weighted by Gasteiger charge is 2.22. The van der Waals surface area contributed by atoms with Gasteiger partial charge in [0.15, 0.2) is 0 Å². The van der Waals surface area contributed by atoms with E-state index in [-0.39, 0.29) is 5.60 Å². The summed E-state index contributed by atoms with van der Waals surface area (Å²) in [7, 11) is 3.80. The Morgan fingerprint density at radius 2 is 2.00 bits per heavy atom. The number of aromatic carboxylic acids is 1. The number of benzene rings is 1. The third-order valence-electron chi connectivity index (χ3n) is 4.07. The first-order valence-corrected chi connectivity index (χ1v) is 7.33. The molecule has 0 aliphatic heterocycles. The van der Waals surface area contributed by atoms with Crippen molar-refractivity contribution in [1.82, 2.24) is 4.90 Å². The lowest BCUT2D eigenvalue weighted by atomic mass is 9.98. The summed E-state index contributed by atoms with van der Waals surface area (Å²) >= 11 is 0. The molecule has 0 heterocycles. The summed E-state index contributed by atoms with van der Waals surface area (Å²) in [5.41, 5.74) is 1.14. The van der Waals surface area contributed by atoms with E-state index in [1.807, 2.05) is 12.1 Å². The van der Waals surface area contributed by atoms with Gasteiger partial charge in [-0.1, -0.05) is 18.2 Å². The molecule has 0 amide bonds. The second-order valence-corrected chi connectivity index (χ2v) is 6.21. The Kier molecular flexibility index (Phi) is 6.37.